The highest BCUT2D eigenvalue weighted by Gasteiger charge is 2.32. The van der Waals surface area contributed by atoms with E-state index in [9.17, 15) is 19.2 Å². The van der Waals surface area contributed by atoms with Gasteiger partial charge in [-0.3, -0.25) is 29.7 Å². The quantitative estimate of drug-likeness (QED) is 0.250. The van der Waals surface area contributed by atoms with E-state index in [1.54, 1.807) is 26.6 Å². The van der Waals surface area contributed by atoms with Gasteiger partial charge in [0.05, 0.1) is 13.3 Å². The van der Waals surface area contributed by atoms with E-state index < -0.39 is 12.0 Å². The molecular formula is C38H44ClN7O6. The first-order valence-electron chi connectivity index (χ1n) is 17.8. The van der Waals surface area contributed by atoms with E-state index in [1.165, 1.54) is 10.1 Å². The van der Waals surface area contributed by atoms with E-state index in [-0.39, 0.29) is 30.0 Å². The van der Waals surface area contributed by atoms with Crippen LogP contribution < -0.4 is 20.3 Å². The number of hydrogen-bond acceptors (Lipinski definition) is 8. The zero-order chi connectivity index (χ0) is 36.5. The van der Waals surface area contributed by atoms with Gasteiger partial charge in [-0.05, 0) is 67.0 Å². The van der Waals surface area contributed by atoms with Gasteiger partial charge in [0.15, 0.2) is 6.10 Å². The molecule has 4 aromatic rings. The second-order valence-corrected chi connectivity index (χ2v) is 14.5. The van der Waals surface area contributed by atoms with Crippen molar-refractivity contribution in [1.29, 1.82) is 0 Å². The molecule has 5 heterocycles. The summed E-state index contributed by atoms with van der Waals surface area (Å²) in [7, 11) is 5.27. The lowest BCUT2D eigenvalue weighted by Gasteiger charge is -2.40. The Labute approximate surface area is 306 Å². The van der Waals surface area contributed by atoms with Gasteiger partial charge in [0, 0.05) is 93.4 Å². The number of fused-ring (bicyclic) bond motifs is 1. The van der Waals surface area contributed by atoms with Crippen molar-refractivity contribution in [2.75, 3.05) is 40.3 Å². The van der Waals surface area contributed by atoms with Crippen LogP contribution in [0.2, 0.25) is 5.02 Å². The van der Waals surface area contributed by atoms with Crippen molar-refractivity contribution in [3.63, 3.8) is 0 Å². The summed E-state index contributed by atoms with van der Waals surface area (Å²) in [5.74, 6) is 0.975. The van der Waals surface area contributed by atoms with Gasteiger partial charge in [0.2, 0.25) is 5.91 Å². The highest BCUT2D eigenvalue weighted by molar-refractivity contribution is 6.32. The molecule has 1 atom stereocenters. The molecule has 3 saturated heterocycles. The zero-order valence-electron chi connectivity index (χ0n) is 29.7. The van der Waals surface area contributed by atoms with Crippen molar-refractivity contribution >= 4 is 40.3 Å². The Bertz CT molecular complexity index is 2030. The Morgan fingerprint density at radius 3 is 2.44 bits per heavy atom. The number of carbonyl (C=O) groups is 3. The number of methoxy groups -OCH3 is 1. The number of aromatic amines is 1. The first-order chi connectivity index (χ1) is 25.1. The largest absolute Gasteiger partial charge is 0.496 e. The molecule has 14 heteroatoms. The number of urea groups is 1. The van der Waals surface area contributed by atoms with Crippen molar-refractivity contribution in [3.05, 3.63) is 75.3 Å². The summed E-state index contributed by atoms with van der Waals surface area (Å²) in [5.41, 5.74) is 4.07. The number of rotatable bonds is 8. The second kappa shape index (κ2) is 15.0. The van der Waals surface area contributed by atoms with E-state index in [1.807, 2.05) is 53.2 Å². The molecule has 1 unspecified atom stereocenters. The van der Waals surface area contributed by atoms with Crippen LogP contribution in [0.4, 0.5) is 4.79 Å². The molecule has 3 fully saturated rings. The average Bonchev–Trinajstić information content (AvgIpc) is 3.66. The number of ether oxygens (including phenoxy) is 2. The fourth-order valence-corrected chi connectivity index (χ4v) is 8.00. The number of amides is 4. The number of aromatic nitrogens is 3. The minimum absolute atomic E-state index is 0.0790. The maximum atomic E-state index is 13.6. The molecule has 0 bridgehead atoms. The highest BCUT2D eigenvalue weighted by Crippen LogP contribution is 2.37. The molecule has 7 rings (SSSR count). The van der Waals surface area contributed by atoms with Crippen LogP contribution in [0.5, 0.6) is 11.5 Å². The lowest BCUT2D eigenvalue weighted by atomic mass is 9.89. The highest BCUT2D eigenvalue weighted by atomic mass is 35.5. The summed E-state index contributed by atoms with van der Waals surface area (Å²) < 4.78 is 13.2. The van der Waals surface area contributed by atoms with Gasteiger partial charge in [0.1, 0.15) is 17.0 Å². The van der Waals surface area contributed by atoms with Gasteiger partial charge >= 0.3 is 6.03 Å². The minimum atomic E-state index is -0.655. The number of halogens is 1. The summed E-state index contributed by atoms with van der Waals surface area (Å²) in [4.78, 5) is 55.8. The third-order valence-electron chi connectivity index (χ3n) is 10.8. The van der Waals surface area contributed by atoms with Crippen LogP contribution in [-0.4, -0.2) is 99.8 Å². The monoisotopic (exact) mass is 729 g/mol. The molecule has 0 radical (unpaired) electrons. The third kappa shape index (κ3) is 7.24. The van der Waals surface area contributed by atoms with Crippen LogP contribution in [0, 0.1) is 0 Å². The predicted octanol–water partition coefficient (Wildman–Crippen LogP) is 4.67. The number of benzene rings is 2. The molecule has 13 nitrogen and oxygen atoms in total. The van der Waals surface area contributed by atoms with Crippen LogP contribution in [0.3, 0.4) is 0 Å². The number of H-pyrrole nitrogens is 1. The van der Waals surface area contributed by atoms with Crippen molar-refractivity contribution in [2.24, 2.45) is 7.05 Å². The summed E-state index contributed by atoms with van der Waals surface area (Å²) in [6.07, 6.45) is 6.92. The van der Waals surface area contributed by atoms with Crippen LogP contribution in [-0.2, 0) is 23.2 Å². The summed E-state index contributed by atoms with van der Waals surface area (Å²) in [6.45, 7) is 3.66. The van der Waals surface area contributed by atoms with Gasteiger partial charge in [0.25, 0.3) is 11.5 Å². The minimum Gasteiger partial charge on any atom is -0.496 e. The molecule has 274 valence electrons. The van der Waals surface area contributed by atoms with E-state index in [0.717, 1.165) is 60.8 Å². The standard InChI is InChI=1S/C38H44ClN7O6/c1-43-21-29(28-20-40-42-35(28)37(43)49)25-18-31(39)30(33(19-25)51-3)22-45-14-12-26(13-15-45)44(2)38(50)46-16-10-24(11-17-46)23-4-6-27(7-5-23)52-32-8-9-34(47)41-36(32)48/h4-7,18-21,24,26,32H,8-17,22H2,1-3H3,(H,40,42)(H,41,47,48). The number of carbonyl (C=O) groups excluding carboxylic acids is 3. The van der Waals surface area contributed by atoms with Gasteiger partial charge in [-0.15, -0.1) is 0 Å². The van der Waals surface area contributed by atoms with Gasteiger partial charge in [-0.25, -0.2) is 4.79 Å². The van der Waals surface area contributed by atoms with E-state index in [2.05, 4.69) is 20.4 Å². The SMILES string of the molecule is COc1cc(-c2cn(C)c(=O)c3[nH]ncc23)cc(Cl)c1CN1CCC(N(C)C(=O)N2CCC(c3ccc(OC4CCC(=O)NC4=O)cc3)CC2)CC1. The Kier molecular flexibility index (Phi) is 10.2. The van der Waals surface area contributed by atoms with E-state index in [0.29, 0.717) is 54.0 Å². The molecule has 0 saturated carbocycles. The molecule has 2 aromatic heterocycles. The summed E-state index contributed by atoms with van der Waals surface area (Å²) in [5, 5.41) is 10.5. The molecule has 3 aliphatic heterocycles. The molecule has 2 N–H and O–H groups in total. The lowest BCUT2D eigenvalue weighted by molar-refractivity contribution is -0.138. The third-order valence-corrected chi connectivity index (χ3v) is 11.2. The Morgan fingerprint density at radius 1 is 1.02 bits per heavy atom. The smallest absolute Gasteiger partial charge is 0.319 e. The van der Waals surface area contributed by atoms with Crippen LogP contribution in [0.15, 0.2) is 53.6 Å². The van der Waals surface area contributed by atoms with Crippen molar-refractivity contribution < 1.29 is 23.9 Å². The first-order valence-corrected chi connectivity index (χ1v) is 18.2. The number of pyridine rings is 1. The molecule has 0 aliphatic carbocycles. The summed E-state index contributed by atoms with van der Waals surface area (Å²) >= 11 is 6.90. The number of aryl methyl sites for hydroxylation is 1. The normalized spacial score (nSPS) is 19.2. The number of likely N-dealkylation sites (tertiary alicyclic amines) is 2. The number of hydrogen-bond donors (Lipinski definition) is 2. The lowest BCUT2D eigenvalue weighted by Crippen LogP contribution is -2.51. The Balaban J connectivity index is 0.905. The van der Waals surface area contributed by atoms with Crippen LogP contribution >= 0.6 is 11.6 Å². The van der Waals surface area contributed by atoms with Crippen molar-refractivity contribution in [3.8, 4) is 22.6 Å². The van der Waals surface area contributed by atoms with Crippen LogP contribution in [0.1, 0.15) is 55.6 Å². The zero-order valence-corrected chi connectivity index (χ0v) is 30.4. The van der Waals surface area contributed by atoms with Crippen molar-refractivity contribution in [2.45, 2.75) is 63.1 Å². The molecule has 52 heavy (non-hydrogen) atoms. The fraction of sp³-hybridized carbons (Fsp3) is 0.447. The second-order valence-electron chi connectivity index (χ2n) is 14.0. The number of nitrogens with zero attached hydrogens (tertiary/aromatic N) is 5. The molecule has 2 aromatic carbocycles. The Morgan fingerprint density at radius 2 is 1.75 bits per heavy atom. The van der Waals surface area contributed by atoms with E-state index >= 15 is 0 Å². The van der Waals surface area contributed by atoms with Gasteiger partial charge in [-0.2, -0.15) is 5.10 Å². The average molecular weight is 730 g/mol. The van der Waals surface area contributed by atoms with Gasteiger partial charge in [-0.1, -0.05) is 23.7 Å². The molecular weight excluding hydrogens is 686 g/mol. The predicted molar refractivity (Wildman–Crippen MR) is 197 cm³/mol. The molecule has 0 spiro atoms. The molecule has 4 amide bonds. The topological polar surface area (TPSA) is 142 Å². The molecule has 3 aliphatic rings. The number of nitrogens with one attached hydrogen (secondary N) is 2. The fourth-order valence-electron chi connectivity index (χ4n) is 7.72. The maximum Gasteiger partial charge on any atom is 0.319 e. The number of piperidine rings is 3. The summed E-state index contributed by atoms with van der Waals surface area (Å²) in [6, 6.07) is 11.9. The van der Waals surface area contributed by atoms with Crippen LogP contribution in [0.25, 0.3) is 22.0 Å². The number of imide groups is 1. The Hall–Kier alpha value is -4.88. The van der Waals surface area contributed by atoms with Crippen molar-refractivity contribution in [1.82, 2.24) is 34.8 Å². The first kappa shape index (κ1) is 35.5. The van der Waals surface area contributed by atoms with E-state index in [4.69, 9.17) is 21.1 Å². The van der Waals surface area contributed by atoms with Gasteiger partial charge < -0.3 is 23.8 Å². The maximum absolute atomic E-state index is 13.6.